The van der Waals surface area contributed by atoms with Gasteiger partial charge in [-0.1, -0.05) is 6.42 Å². The predicted molar refractivity (Wildman–Crippen MR) is 46.7 cm³/mol. The molecule has 0 aromatic carbocycles. The molecule has 0 aromatic rings. The minimum absolute atomic E-state index is 0. The first kappa shape index (κ1) is 10.7. The molecule has 0 aromatic heterocycles. The van der Waals surface area contributed by atoms with Crippen LogP contribution in [0.15, 0.2) is 0 Å². The van der Waals surface area contributed by atoms with Gasteiger partial charge in [-0.05, 0) is 19.4 Å². The average Bonchev–Trinajstić information content (AvgIpc) is 1.88. The highest BCUT2D eigenvalue weighted by atomic mass is 35.5. The fourth-order valence-electron chi connectivity index (χ4n) is 1.34. The number of carbonyl (C=O) groups excluding carboxylic acids is 1. The largest absolute Gasteiger partial charge is 0.370 e. The highest BCUT2D eigenvalue weighted by Crippen LogP contribution is 2.08. The van der Waals surface area contributed by atoms with E-state index in [1.807, 2.05) is 0 Å². The number of hydrogen-bond acceptors (Lipinski definition) is 2. The Morgan fingerprint density at radius 3 is 2.73 bits per heavy atom. The normalized spacial score (nSPS) is 23.8. The minimum atomic E-state index is -0.195. The zero-order valence-electron chi connectivity index (χ0n) is 6.51. The molecule has 0 bridgehead atoms. The van der Waals surface area contributed by atoms with Crippen molar-refractivity contribution in [3.8, 4) is 0 Å². The number of hydrogen-bond donors (Lipinski definition) is 2. The van der Waals surface area contributed by atoms with Crippen molar-refractivity contribution in [3.63, 3.8) is 0 Å². The van der Waals surface area contributed by atoms with Crippen LogP contribution in [0.2, 0.25) is 0 Å². The molecule has 0 radical (unpaired) electrons. The van der Waals surface area contributed by atoms with Crippen molar-refractivity contribution in [1.29, 1.82) is 0 Å². The Balaban J connectivity index is 0.000001000. The van der Waals surface area contributed by atoms with E-state index in [0.29, 0.717) is 12.5 Å². The SMILES string of the molecule is Cl.NC(=O)CC1CCCCN1. The van der Waals surface area contributed by atoms with Crippen molar-refractivity contribution in [2.45, 2.75) is 31.7 Å². The van der Waals surface area contributed by atoms with Crippen molar-refractivity contribution < 1.29 is 4.79 Å². The molecule has 1 heterocycles. The number of piperidine rings is 1. The molecule has 0 aliphatic carbocycles. The molecule has 1 saturated heterocycles. The monoisotopic (exact) mass is 178 g/mol. The van der Waals surface area contributed by atoms with Crippen LogP contribution in [0.25, 0.3) is 0 Å². The maximum absolute atomic E-state index is 10.4. The number of nitrogens with one attached hydrogen (secondary N) is 1. The fourth-order valence-corrected chi connectivity index (χ4v) is 1.34. The fraction of sp³-hybridized carbons (Fsp3) is 0.857. The van der Waals surface area contributed by atoms with Crippen LogP contribution >= 0.6 is 12.4 Å². The Labute approximate surface area is 73.1 Å². The summed E-state index contributed by atoms with van der Waals surface area (Å²) in [6.07, 6.45) is 4.06. The van der Waals surface area contributed by atoms with E-state index in [0.717, 1.165) is 13.0 Å². The van der Waals surface area contributed by atoms with Gasteiger partial charge in [0.1, 0.15) is 0 Å². The Morgan fingerprint density at radius 2 is 2.27 bits per heavy atom. The summed E-state index contributed by atoms with van der Waals surface area (Å²) in [4.78, 5) is 10.4. The predicted octanol–water partition coefficient (Wildman–Crippen LogP) is 0.426. The van der Waals surface area contributed by atoms with Crippen molar-refractivity contribution >= 4 is 18.3 Å². The molecular formula is C7H15ClN2O. The van der Waals surface area contributed by atoms with Crippen LogP contribution in [-0.4, -0.2) is 18.5 Å². The molecule has 4 heteroatoms. The molecule has 66 valence electrons. The Kier molecular flexibility index (Phi) is 5.24. The molecule has 3 N–H and O–H groups in total. The molecule has 1 amide bonds. The Hall–Kier alpha value is -0.280. The highest BCUT2D eigenvalue weighted by molar-refractivity contribution is 5.85. The van der Waals surface area contributed by atoms with Crippen LogP contribution in [0.1, 0.15) is 25.7 Å². The topological polar surface area (TPSA) is 55.1 Å². The summed E-state index contributed by atoms with van der Waals surface area (Å²) in [5.41, 5.74) is 5.04. The smallest absolute Gasteiger partial charge is 0.218 e. The number of amides is 1. The minimum Gasteiger partial charge on any atom is -0.370 e. The van der Waals surface area contributed by atoms with Gasteiger partial charge >= 0.3 is 0 Å². The summed E-state index contributed by atoms with van der Waals surface area (Å²) in [6.45, 7) is 1.04. The third kappa shape index (κ3) is 4.22. The number of carbonyl (C=O) groups is 1. The lowest BCUT2D eigenvalue weighted by atomic mass is 10.0. The zero-order valence-corrected chi connectivity index (χ0v) is 7.32. The lowest BCUT2D eigenvalue weighted by Gasteiger charge is -2.21. The van der Waals surface area contributed by atoms with Gasteiger partial charge in [0.15, 0.2) is 0 Å². The first-order valence-corrected chi connectivity index (χ1v) is 3.81. The first-order chi connectivity index (χ1) is 4.79. The second-order valence-electron chi connectivity index (χ2n) is 2.82. The quantitative estimate of drug-likeness (QED) is 0.644. The van der Waals surface area contributed by atoms with Crippen LogP contribution < -0.4 is 11.1 Å². The second kappa shape index (κ2) is 5.38. The number of halogens is 1. The highest BCUT2D eigenvalue weighted by Gasteiger charge is 2.13. The van der Waals surface area contributed by atoms with E-state index in [9.17, 15) is 4.79 Å². The van der Waals surface area contributed by atoms with Crippen LogP contribution in [0, 0.1) is 0 Å². The van der Waals surface area contributed by atoms with Gasteiger partial charge in [0.2, 0.25) is 5.91 Å². The standard InChI is InChI=1S/C7H14N2O.ClH/c8-7(10)5-6-3-1-2-4-9-6;/h6,9H,1-5H2,(H2,8,10);1H. The summed E-state index contributed by atoms with van der Waals surface area (Å²) < 4.78 is 0. The van der Waals surface area contributed by atoms with E-state index >= 15 is 0 Å². The number of primary amides is 1. The van der Waals surface area contributed by atoms with E-state index in [1.165, 1.54) is 12.8 Å². The van der Waals surface area contributed by atoms with Crippen LogP contribution in [0.3, 0.4) is 0 Å². The van der Waals surface area contributed by atoms with Gasteiger partial charge in [-0.3, -0.25) is 4.79 Å². The van der Waals surface area contributed by atoms with Gasteiger partial charge in [0, 0.05) is 12.5 Å². The van der Waals surface area contributed by atoms with Crippen molar-refractivity contribution in [1.82, 2.24) is 5.32 Å². The van der Waals surface area contributed by atoms with Crippen molar-refractivity contribution in [2.24, 2.45) is 5.73 Å². The zero-order chi connectivity index (χ0) is 7.40. The van der Waals surface area contributed by atoms with Gasteiger partial charge < -0.3 is 11.1 Å². The van der Waals surface area contributed by atoms with Gasteiger partial charge in [-0.15, -0.1) is 12.4 Å². The molecule has 1 unspecified atom stereocenters. The lowest BCUT2D eigenvalue weighted by Crippen LogP contribution is -2.37. The van der Waals surface area contributed by atoms with Crippen LogP contribution in [-0.2, 0) is 4.79 Å². The van der Waals surface area contributed by atoms with E-state index in [4.69, 9.17) is 5.73 Å². The third-order valence-electron chi connectivity index (χ3n) is 1.86. The van der Waals surface area contributed by atoms with Crippen molar-refractivity contribution in [2.75, 3.05) is 6.54 Å². The molecule has 1 aliphatic heterocycles. The lowest BCUT2D eigenvalue weighted by molar-refractivity contribution is -0.118. The van der Waals surface area contributed by atoms with Gasteiger partial charge in [0.25, 0.3) is 0 Å². The molecule has 1 aliphatic rings. The van der Waals surface area contributed by atoms with Crippen LogP contribution in [0.5, 0.6) is 0 Å². The first-order valence-electron chi connectivity index (χ1n) is 3.81. The molecule has 1 atom stereocenters. The maximum Gasteiger partial charge on any atom is 0.218 e. The summed E-state index contributed by atoms with van der Waals surface area (Å²) in [5.74, 6) is -0.195. The van der Waals surface area contributed by atoms with Gasteiger partial charge in [-0.25, -0.2) is 0 Å². The summed E-state index contributed by atoms with van der Waals surface area (Å²) in [6, 6.07) is 0.353. The number of nitrogens with two attached hydrogens (primary N) is 1. The Bertz CT molecular complexity index is 124. The second-order valence-corrected chi connectivity index (χ2v) is 2.82. The summed E-state index contributed by atoms with van der Waals surface area (Å²) >= 11 is 0. The number of rotatable bonds is 2. The van der Waals surface area contributed by atoms with Crippen LogP contribution in [0.4, 0.5) is 0 Å². The van der Waals surface area contributed by atoms with Crippen molar-refractivity contribution in [3.05, 3.63) is 0 Å². The van der Waals surface area contributed by atoms with Gasteiger partial charge in [-0.2, -0.15) is 0 Å². The summed E-state index contributed by atoms with van der Waals surface area (Å²) in [7, 11) is 0. The van der Waals surface area contributed by atoms with E-state index < -0.39 is 0 Å². The van der Waals surface area contributed by atoms with E-state index in [2.05, 4.69) is 5.32 Å². The average molecular weight is 179 g/mol. The Morgan fingerprint density at radius 1 is 1.55 bits per heavy atom. The molecule has 11 heavy (non-hydrogen) atoms. The maximum atomic E-state index is 10.4. The van der Waals surface area contributed by atoms with Gasteiger partial charge in [0.05, 0.1) is 0 Å². The van der Waals surface area contributed by atoms with E-state index in [-0.39, 0.29) is 18.3 Å². The molecule has 1 rings (SSSR count). The molecule has 0 spiro atoms. The van der Waals surface area contributed by atoms with E-state index in [1.54, 1.807) is 0 Å². The summed E-state index contributed by atoms with van der Waals surface area (Å²) in [5, 5.41) is 3.25. The molecule has 3 nitrogen and oxygen atoms in total. The molecular weight excluding hydrogens is 164 g/mol. The molecule has 1 fully saturated rings. The molecule has 0 saturated carbocycles. The third-order valence-corrected chi connectivity index (χ3v) is 1.86.